The van der Waals surface area contributed by atoms with Gasteiger partial charge in [0.2, 0.25) is 17.7 Å². The lowest BCUT2D eigenvalue weighted by Gasteiger charge is -2.41. The van der Waals surface area contributed by atoms with Gasteiger partial charge in [-0.2, -0.15) is 65.9 Å². The monoisotopic (exact) mass is 1700 g/mol. The molecule has 3 amide bonds. The Bertz CT molecular complexity index is 4640. The summed E-state index contributed by atoms with van der Waals surface area (Å²) in [6, 6.07) is 27.4. The molecule has 6 atom stereocenters. The minimum absolute atomic E-state index is 0.00351. The van der Waals surface area contributed by atoms with Crippen LogP contribution in [0.1, 0.15) is 218 Å². The van der Waals surface area contributed by atoms with E-state index in [1.165, 1.54) is 29.8 Å². The fraction of sp³-hybridized carbons (Fsp3) is 0.545. The number of halogens is 15. The van der Waals surface area contributed by atoms with E-state index in [-0.39, 0.29) is 142 Å². The first-order valence-electron chi connectivity index (χ1n) is 40.9. The number of ether oxygens (including phenoxy) is 4. The third kappa shape index (κ3) is 20.4. The van der Waals surface area contributed by atoms with Gasteiger partial charge in [0.05, 0.1) is 83.1 Å². The molecule has 3 saturated carbocycles. The second-order valence-electron chi connectivity index (χ2n) is 33.9. The molecule has 3 saturated heterocycles. The van der Waals surface area contributed by atoms with Crippen LogP contribution in [0.4, 0.5) is 65.9 Å². The third-order valence-electron chi connectivity index (χ3n) is 26.2. The lowest BCUT2D eigenvalue weighted by molar-refractivity contribution is -0.177. The fourth-order valence-corrected chi connectivity index (χ4v) is 19.9. The third-order valence-corrected chi connectivity index (χ3v) is 26.2. The molecule has 0 bridgehead atoms. The van der Waals surface area contributed by atoms with Gasteiger partial charge in [0.1, 0.15) is 17.2 Å². The molecule has 3 aliphatic carbocycles. The predicted octanol–water partition coefficient (Wildman–Crippen LogP) is 19.2. The molecule has 15 rings (SSSR count). The number of aromatic carboxylic acids is 1. The van der Waals surface area contributed by atoms with E-state index in [0.717, 1.165) is 115 Å². The number of hydrogen-bond acceptors (Lipinski definition) is 13. The Kier molecular flexibility index (Phi) is 26.4. The topological polar surface area (TPSA) is 175 Å². The maximum atomic E-state index is 13.9. The Morgan fingerprint density at radius 3 is 1.19 bits per heavy atom. The molecule has 1 unspecified atom stereocenters. The number of fused-ring (bicyclic) bond motifs is 3. The highest BCUT2D eigenvalue weighted by Crippen LogP contribution is 2.54. The Morgan fingerprint density at radius 2 is 0.825 bits per heavy atom. The summed E-state index contributed by atoms with van der Waals surface area (Å²) in [5.74, 6) is -1.13. The van der Waals surface area contributed by atoms with Gasteiger partial charge in [0.25, 0.3) is 0 Å². The Morgan fingerprint density at radius 1 is 0.458 bits per heavy atom. The number of rotatable bonds is 15. The number of benzene rings is 5. The summed E-state index contributed by atoms with van der Waals surface area (Å²) in [6.07, 6.45) is -13.2. The summed E-state index contributed by atoms with van der Waals surface area (Å²) in [7, 11) is 0. The number of likely N-dealkylation sites (tertiary alicyclic amines) is 3. The van der Waals surface area contributed by atoms with Crippen LogP contribution in [0.3, 0.4) is 0 Å². The van der Waals surface area contributed by atoms with E-state index in [2.05, 4.69) is 39.6 Å². The predicted molar refractivity (Wildman–Crippen MR) is 410 cm³/mol. The molecular formula is C88H98F15N7O10. The highest BCUT2D eigenvalue weighted by atomic mass is 19.4. The van der Waals surface area contributed by atoms with E-state index < -0.39 is 94.4 Å². The zero-order valence-corrected chi connectivity index (χ0v) is 66.8. The highest BCUT2D eigenvalue weighted by Gasteiger charge is 2.58. The zero-order chi connectivity index (χ0) is 86.1. The lowest BCUT2D eigenvalue weighted by Crippen LogP contribution is -2.49. The van der Waals surface area contributed by atoms with Crippen LogP contribution < -0.4 is 14.2 Å². The first kappa shape index (κ1) is 88.6. The largest absolute Gasteiger partial charge is 0.478 e. The molecule has 32 heteroatoms. The average molecular weight is 1700 g/mol. The fourth-order valence-electron chi connectivity index (χ4n) is 19.9. The maximum absolute atomic E-state index is 13.9. The van der Waals surface area contributed by atoms with E-state index >= 15 is 0 Å². The second-order valence-corrected chi connectivity index (χ2v) is 33.9. The van der Waals surface area contributed by atoms with Crippen molar-refractivity contribution in [1.82, 2.24) is 34.4 Å². The smallest absolute Gasteiger partial charge is 0.416 e. The standard InChI is InChI=1S/C31H34F6N2O4.C29H30F6N2O4.C28H34F3N3O2/c1-2-42-27(40)22-5-3-4-21(14-22)20-9-12-38(13-10-20)25-8-11-29(16-25,18-30(32,33)34)28(41)39-17-23-15-24(31(35,36)37)6-7-26(23)43-19-39;30-28(31,32)16-27(26(40)37-15-21-13-22(29(33,34)35)4-5-24(21)41-17-37)9-6-23(14-27)36-10-7-18(8-11-36)19-2-1-3-20(12-19)25(38)39;1-19(2)27(26(35)34-17-22-14-23(28(29,30)31)5-6-25(22)36-18-34)10-7-24(15-27)33-12-8-20(9-13-33)21-4-3-11-32-16-21/h3-7,14-15,20,25H,2,8-13,16-19H2,1H3;1-5,12-13,18,23H,6-11,14-17H2,(H,38,39);3-6,11,14,16,19-20,24H,7-10,12-13,15,17-18H2,1-2H3/t25-,29+;23-,27+;24?,27-/m110/s1. The molecule has 1 aromatic heterocycles. The maximum Gasteiger partial charge on any atom is 0.416 e. The van der Waals surface area contributed by atoms with Crippen molar-refractivity contribution in [2.75, 3.05) is 66.1 Å². The Labute approximate surface area is 685 Å². The normalized spacial score (nSPS) is 24.4. The van der Waals surface area contributed by atoms with Crippen LogP contribution >= 0.6 is 0 Å². The molecule has 0 radical (unpaired) electrons. The zero-order valence-electron chi connectivity index (χ0n) is 66.8. The highest BCUT2D eigenvalue weighted by molar-refractivity contribution is 5.90. The number of pyridine rings is 1. The SMILES string of the molecule is CC(C)[C@]1(C(=O)N2COc3ccc(C(F)(F)F)cc3C2)CCC(N2CCC(c3cccnc3)CC2)C1.CCOC(=O)c1cccc(C2CCN([C@@H]3CC[C@](CC(F)(F)F)(C(=O)N4COc5ccc(C(F)(F)F)cc5C4)C3)CC2)c1.O=C(O)c1cccc(C2CCN([C@@H]3CC[C@](CC(F)(F)F)(C(=O)N4COc5ccc(C(F)(F)F)cc5C4)C3)CC2)c1. The van der Waals surface area contributed by atoms with Crippen LogP contribution in [-0.2, 0) is 57.3 Å². The van der Waals surface area contributed by atoms with Crippen molar-refractivity contribution in [2.24, 2.45) is 22.2 Å². The van der Waals surface area contributed by atoms with E-state index in [9.17, 15) is 94.9 Å². The molecule has 17 nitrogen and oxygen atoms in total. The van der Waals surface area contributed by atoms with E-state index in [1.807, 2.05) is 36.5 Å². The van der Waals surface area contributed by atoms with Gasteiger partial charge < -0.3 is 53.5 Å². The summed E-state index contributed by atoms with van der Waals surface area (Å²) < 4.78 is 224. The molecule has 6 aromatic rings. The Balaban J connectivity index is 0.000000156. The van der Waals surface area contributed by atoms with E-state index in [0.29, 0.717) is 80.7 Å². The van der Waals surface area contributed by atoms with Gasteiger partial charge in [0.15, 0.2) is 20.2 Å². The quantitative estimate of drug-likeness (QED) is 0.0759. The molecule has 650 valence electrons. The Hall–Kier alpha value is -9.17. The number of carbonyl (C=O) groups excluding carboxylic acids is 4. The minimum atomic E-state index is -4.61. The molecule has 6 fully saturated rings. The molecule has 120 heavy (non-hydrogen) atoms. The van der Waals surface area contributed by atoms with Crippen molar-refractivity contribution in [3.63, 3.8) is 0 Å². The molecule has 7 heterocycles. The van der Waals surface area contributed by atoms with Gasteiger partial charge >= 0.3 is 42.8 Å². The lowest BCUT2D eigenvalue weighted by atomic mass is 9.74. The van der Waals surface area contributed by atoms with Gasteiger partial charge in [-0.15, -0.1) is 0 Å². The number of carboxylic acids is 1. The van der Waals surface area contributed by atoms with Crippen LogP contribution in [-0.4, -0.2) is 166 Å². The number of carboxylic acid groups (broad SMARTS) is 1. The number of hydrogen-bond donors (Lipinski definition) is 1. The average Bonchev–Trinajstić information content (AvgIpc) is 1.70. The number of alkyl halides is 15. The van der Waals surface area contributed by atoms with Gasteiger partial charge in [-0.1, -0.05) is 44.2 Å². The van der Waals surface area contributed by atoms with Crippen molar-refractivity contribution < 1.29 is 114 Å². The van der Waals surface area contributed by atoms with Crippen LogP contribution in [0.5, 0.6) is 17.2 Å². The van der Waals surface area contributed by atoms with Crippen LogP contribution in [0.2, 0.25) is 0 Å². The van der Waals surface area contributed by atoms with Crippen molar-refractivity contribution in [3.05, 3.63) is 189 Å². The van der Waals surface area contributed by atoms with Gasteiger partial charge in [0, 0.05) is 47.2 Å². The van der Waals surface area contributed by atoms with Crippen LogP contribution in [0.25, 0.3) is 0 Å². The van der Waals surface area contributed by atoms with Gasteiger partial charge in [-0.05, 0) is 268 Å². The van der Waals surface area contributed by atoms with Crippen molar-refractivity contribution in [2.45, 2.75) is 216 Å². The van der Waals surface area contributed by atoms with Gasteiger partial charge in [-0.3, -0.25) is 19.4 Å². The van der Waals surface area contributed by atoms with Crippen molar-refractivity contribution >= 4 is 29.7 Å². The first-order chi connectivity index (χ1) is 56.7. The van der Waals surface area contributed by atoms with E-state index in [4.69, 9.17) is 18.9 Å². The summed E-state index contributed by atoms with van der Waals surface area (Å²) in [5, 5.41) is 9.28. The number of amides is 3. The number of carbonyl (C=O) groups is 5. The molecule has 9 aliphatic rings. The molecule has 6 aliphatic heterocycles. The summed E-state index contributed by atoms with van der Waals surface area (Å²) in [4.78, 5) is 79.8. The number of nitrogens with zero attached hydrogens (tertiary/aromatic N) is 7. The number of piperidine rings is 3. The second kappa shape index (κ2) is 35.7. The summed E-state index contributed by atoms with van der Waals surface area (Å²) in [5.41, 5.74) is -1.97. The number of esters is 1. The van der Waals surface area contributed by atoms with Crippen LogP contribution in [0, 0.1) is 22.2 Å². The van der Waals surface area contributed by atoms with E-state index in [1.54, 1.807) is 36.2 Å². The van der Waals surface area contributed by atoms with Crippen LogP contribution in [0.15, 0.2) is 128 Å². The summed E-state index contributed by atoms with van der Waals surface area (Å²) in [6.45, 7) is 9.74. The molecule has 1 N–H and O–H groups in total. The van der Waals surface area contributed by atoms with Gasteiger partial charge in [-0.25, -0.2) is 9.59 Å². The molecule has 5 aromatic carbocycles. The molecular weight excluding hydrogens is 1600 g/mol. The minimum Gasteiger partial charge on any atom is -0.478 e. The van der Waals surface area contributed by atoms with Crippen molar-refractivity contribution in [3.8, 4) is 17.2 Å². The first-order valence-corrected chi connectivity index (χ1v) is 40.9. The molecule has 0 spiro atoms. The van der Waals surface area contributed by atoms with Crippen molar-refractivity contribution in [1.29, 1.82) is 0 Å². The number of aromatic nitrogens is 1. The summed E-state index contributed by atoms with van der Waals surface area (Å²) >= 11 is 0.